The molecular formula is C26H25N3O3S. The van der Waals surface area contributed by atoms with Crippen molar-refractivity contribution in [3.05, 3.63) is 106 Å². The number of amides is 1. The number of carbonyl (C=O) groups excluding carboxylic acids is 1. The van der Waals surface area contributed by atoms with Gasteiger partial charge in [-0.05, 0) is 35.4 Å². The van der Waals surface area contributed by atoms with Crippen molar-refractivity contribution in [3.8, 4) is 0 Å². The first-order valence-electron chi connectivity index (χ1n) is 10.7. The molecule has 1 aromatic heterocycles. The Balaban J connectivity index is 1.60. The largest absolute Gasteiger partial charge is 0.383 e. The number of fused-ring (bicyclic) bond motifs is 1. The van der Waals surface area contributed by atoms with E-state index in [1.807, 2.05) is 48.5 Å². The SMILES string of the molecule is COCCNC(=O)c1ccc(Cn2c(SCc3ccccc3)nc3ccccc3c2=O)cc1. The molecule has 0 aliphatic heterocycles. The van der Waals surface area contributed by atoms with Crippen LogP contribution in [0, 0.1) is 0 Å². The van der Waals surface area contributed by atoms with Gasteiger partial charge in [0.1, 0.15) is 0 Å². The maximum atomic E-state index is 13.3. The molecule has 0 atom stereocenters. The molecule has 1 amide bonds. The van der Waals surface area contributed by atoms with Gasteiger partial charge in [-0.15, -0.1) is 0 Å². The van der Waals surface area contributed by atoms with E-state index in [1.54, 1.807) is 41.6 Å². The number of para-hydroxylation sites is 1. The Morgan fingerprint density at radius 2 is 1.70 bits per heavy atom. The van der Waals surface area contributed by atoms with Gasteiger partial charge in [-0.25, -0.2) is 4.98 Å². The average Bonchev–Trinajstić information content (AvgIpc) is 2.86. The van der Waals surface area contributed by atoms with Crippen LogP contribution in [0.3, 0.4) is 0 Å². The molecule has 0 spiro atoms. The Morgan fingerprint density at radius 3 is 2.45 bits per heavy atom. The standard InChI is InChI=1S/C26H25N3O3S/c1-32-16-15-27-24(30)21-13-11-19(12-14-21)17-29-25(31)22-9-5-6-10-23(22)28-26(29)33-18-20-7-3-2-4-8-20/h2-14H,15-18H2,1H3,(H,27,30). The number of rotatable bonds is 9. The maximum absolute atomic E-state index is 13.3. The van der Waals surface area contributed by atoms with Gasteiger partial charge in [0, 0.05) is 25.0 Å². The number of nitrogens with one attached hydrogen (secondary N) is 1. The van der Waals surface area contributed by atoms with Crippen molar-refractivity contribution in [2.24, 2.45) is 0 Å². The summed E-state index contributed by atoms with van der Waals surface area (Å²) >= 11 is 1.54. The molecule has 7 heteroatoms. The number of thioether (sulfide) groups is 1. The number of ether oxygens (including phenoxy) is 1. The second kappa shape index (κ2) is 10.9. The van der Waals surface area contributed by atoms with E-state index < -0.39 is 0 Å². The van der Waals surface area contributed by atoms with Gasteiger partial charge in [0.15, 0.2) is 5.16 Å². The summed E-state index contributed by atoms with van der Waals surface area (Å²) in [6.07, 6.45) is 0. The van der Waals surface area contributed by atoms with Crippen molar-refractivity contribution in [2.75, 3.05) is 20.3 Å². The van der Waals surface area contributed by atoms with Gasteiger partial charge < -0.3 is 10.1 Å². The summed E-state index contributed by atoms with van der Waals surface area (Å²) in [5, 5.41) is 4.07. The molecule has 4 aromatic rings. The minimum Gasteiger partial charge on any atom is -0.383 e. The summed E-state index contributed by atoms with van der Waals surface area (Å²) in [5.41, 5.74) is 3.27. The van der Waals surface area contributed by atoms with Crippen LogP contribution in [0.5, 0.6) is 0 Å². The molecule has 0 radical (unpaired) electrons. The van der Waals surface area contributed by atoms with E-state index >= 15 is 0 Å². The topological polar surface area (TPSA) is 73.2 Å². The highest BCUT2D eigenvalue weighted by Crippen LogP contribution is 2.23. The van der Waals surface area contributed by atoms with Crippen LogP contribution >= 0.6 is 11.8 Å². The number of benzene rings is 3. The van der Waals surface area contributed by atoms with E-state index in [0.29, 0.717) is 47.1 Å². The molecule has 0 saturated carbocycles. The van der Waals surface area contributed by atoms with Gasteiger partial charge in [-0.3, -0.25) is 14.2 Å². The minimum atomic E-state index is -0.151. The summed E-state index contributed by atoms with van der Waals surface area (Å²) < 4.78 is 6.67. The van der Waals surface area contributed by atoms with E-state index in [-0.39, 0.29) is 11.5 Å². The zero-order valence-corrected chi connectivity index (χ0v) is 19.2. The lowest BCUT2D eigenvalue weighted by atomic mass is 10.1. The second-order valence-corrected chi connectivity index (χ2v) is 8.47. The molecule has 3 aromatic carbocycles. The van der Waals surface area contributed by atoms with Gasteiger partial charge in [-0.2, -0.15) is 0 Å². The third kappa shape index (κ3) is 5.69. The van der Waals surface area contributed by atoms with Gasteiger partial charge in [0.2, 0.25) is 0 Å². The van der Waals surface area contributed by atoms with Crippen LogP contribution in [0.15, 0.2) is 88.8 Å². The molecule has 168 valence electrons. The fourth-order valence-corrected chi connectivity index (χ4v) is 4.39. The summed E-state index contributed by atoms with van der Waals surface area (Å²) in [6.45, 7) is 1.29. The highest BCUT2D eigenvalue weighted by Gasteiger charge is 2.13. The summed E-state index contributed by atoms with van der Waals surface area (Å²) in [5.74, 6) is 0.564. The number of nitrogens with zero attached hydrogens (tertiary/aromatic N) is 2. The summed E-state index contributed by atoms with van der Waals surface area (Å²) in [4.78, 5) is 30.3. The molecule has 1 N–H and O–H groups in total. The maximum Gasteiger partial charge on any atom is 0.262 e. The van der Waals surface area contributed by atoms with E-state index in [9.17, 15) is 9.59 Å². The number of aromatic nitrogens is 2. The van der Waals surface area contributed by atoms with Crippen molar-refractivity contribution in [1.82, 2.24) is 14.9 Å². The summed E-state index contributed by atoms with van der Waals surface area (Å²) in [7, 11) is 1.59. The monoisotopic (exact) mass is 459 g/mol. The van der Waals surface area contributed by atoms with Crippen molar-refractivity contribution >= 4 is 28.6 Å². The van der Waals surface area contributed by atoms with E-state index in [0.717, 1.165) is 5.56 Å². The van der Waals surface area contributed by atoms with E-state index in [4.69, 9.17) is 9.72 Å². The zero-order valence-electron chi connectivity index (χ0n) is 18.4. The minimum absolute atomic E-state index is 0.0717. The molecule has 6 nitrogen and oxygen atoms in total. The number of carbonyl (C=O) groups is 1. The normalized spacial score (nSPS) is 10.9. The van der Waals surface area contributed by atoms with Crippen LogP contribution in [-0.2, 0) is 17.0 Å². The zero-order chi connectivity index (χ0) is 23.0. The van der Waals surface area contributed by atoms with Crippen LogP contribution in [0.2, 0.25) is 0 Å². The first-order chi connectivity index (χ1) is 16.2. The first-order valence-corrected chi connectivity index (χ1v) is 11.7. The molecule has 0 bridgehead atoms. The molecule has 0 saturated heterocycles. The van der Waals surface area contributed by atoms with Gasteiger partial charge >= 0.3 is 0 Å². The van der Waals surface area contributed by atoms with Crippen molar-refractivity contribution < 1.29 is 9.53 Å². The molecule has 0 unspecified atom stereocenters. The highest BCUT2D eigenvalue weighted by molar-refractivity contribution is 7.98. The Morgan fingerprint density at radius 1 is 0.970 bits per heavy atom. The predicted octanol–water partition coefficient (Wildman–Crippen LogP) is 4.11. The van der Waals surface area contributed by atoms with Crippen LogP contribution < -0.4 is 10.9 Å². The first kappa shape index (κ1) is 22.8. The highest BCUT2D eigenvalue weighted by atomic mass is 32.2. The van der Waals surface area contributed by atoms with Crippen LogP contribution in [0.1, 0.15) is 21.5 Å². The molecule has 0 aliphatic rings. The van der Waals surface area contributed by atoms with Gasteiger partial charge in [0.05, 0.1) is 24.1 Å². The number of hydrogen-bond donors (Lipinski definition) is 1. The van der Waals surface area contributed by atoms with Crippen molar-refractivity contribution in [3.63, 3.8) is 0 Å². The fraction of sp³-hybridized carbons (Fsp3) is 0.192. The molecule has 33 heavy (non-hydrogen) atoms. The lowest BCUT2D eigenvalue weighted by Gasteiger charge is -2.14. The Kier molecular flexibility index (Phi) is 7.55. The Labute approximate surface area is 196 Å². The molecule has 0 fully saturated rings. The third-order valence-corrected chi connectivity index (χ3v) is 6.23. The van der Waals surface area contributed by atoms with Crippen molar-refractivity contribution in [2.45, 2.75) is 17.5 Å². The second-order valence-electron chi connectivity index (χ2n) is 7.52. The Hall–Kier alpha value is -3.42. The fourth-order valence-electron chi connectivity index (χ4n) is 3.43. The van der Waals surface area contributed by atoms with Crippen LogP contribution in [0.25, 0.3) is 10.9 Å². The lowest BCUT2D eigenvalue weighted by molar-refractivity contribution is 0.0937. The third-order valence-electron chi connectivity index (χ3n) is 5.19. The van der Waals surface area contributed by atoms with Gasteiger partial charge in [0.25, 0.3) is 11.5 Å². The van der Waals surface area contributed by atoms with Crippen LogP contribution in [-0.4, -0.2) is 35.7 Å². The van der Waals surface area contributed by atoms with Crippen molar-refractivity contribution in [1.29, 1.82) is 0 Å². The predicted molar refractivity (Wildman–Crippen MR) is 132 cm³/mol. The van der Waals surface area contributed by atoms with Crippen LogP contribution in [0.4, 0.5) is 0 Å². The quantitative estimate of drug-likeness (QED) is 0.232. The lowest BCUT2D eigenvalue weighted by Crippen LogP contribution is -2.27. The Bertz CT molecular complexity index is 1290. The molecular weight excluding hydrogens is 434 g/mol. The van der Waals surface area contributed by atoms with E-state index in [2.05, 4.69) is 17.4 Å². The molecule has 0 aliphatic carbocycles. The summed E-state index contributed by atoms with van der Waals surface area (Å²) in [6, 6.07) is 24.8. The smallest absolute Gasteiger partial charge is 0.262 e. The molecule has 1 heterocycles. The number of hydrogen-bond acceptors (Lipinski definition) is 5. The number of methoxy groups -OCH3 is 1. The molecule has 4 rings (SSSR count). The van der Waals surface area contributed by atoms with E-state index in [1.165, 1.54) is 5.56 Å². The average molecular weight is 460 g/mol. The van der Waals surface area contributed by atoms with Gasteiger partial charge in [-0.1, -0.05) is 66.4 Å².